The van der Waals surface area contributed by atoms with E-state index in [0.717, 1.165) is 17.8 Å². The third-order valence-corrected chi connectivity index (χ3v) is 3.32. The summed E-state index contributed by atoms with van der Waals surface area (Å²) in [4.78, 5) is 18.1. The van der Waals surface area contributed by atoms with E-state index in [2.05, 4.69) is 10.3 Å². The van der Waals surface area contributed by atoms with Crippen molar-refractivity contribution in [2.45, 2.75) is 32.8 Å². The second kappa shape index (κ2) is 7.44. The molecule has 0 radical (unpaired) electrons. The van der Waals surface area contributed by atoms with Gasteiger partial charge in [0.15, 0.2) is 0 Å². The summed E-state index contributed by atoms with van der Waals surface area (Å²) in [6.45, 7) is 7.81. The fourth-order valence-corrected chi connectivity index (χ4v) is 2.21. The first-order chi connectivity index (χ1) is 10.8. The van der Waals surface area contributed by atoms with Crippen LogP contribution >= 0.6 is 0 Å². The Morgan fingerprint density at radius 3 is 2.70 bits per heavy atom. The number of hydrogen-bond donors (Lipinski definition) is 1. The van der Waals surface area contributed by atoms with Gasteiger partial charge >= 0.3 is 6.09 Å². The van der Waals surface area contributed by atoms with E-state index in [1.54, 1.807) is 17.0 Å². The third kappa shape index (κ3) is 5.88. The number of ether oxygens (including phenoxy) is 1. The molecule has 1 aromatic carbocycles. The lowest BCUT2D eigenvalue weighted by Gasteiger charge is -2.29. The molecule has 126 valence electrons. The van der Waals surface area contributed by atoms with Gasteiger partial charge in [0.1, 0.15) is 17.3 Å². The van der Waals surface area contributed by atoms with E-state index < -0.39 is 5.60 Å². The summed E-state index contributed by atoms with van der Waals surface area (Å²) in [5.74, 6) is 0.551. The Morgan fingerprint density at radius 2 is 2.04 bits per heavy atom. The quantitative estimate of drug-likeness (QED) is 0.931. The number of hydrogen-bond acceptors (Lipinski definition) is 4. The van der Waals surface area contributed by atoms with Gasteiger partial charge in [0.25, 0.3) is 0 Å². The molecule has 1 aromatic rings. The molecule has 0 atom stereocenters. The minimum atomic E-state index is -0.498. The number of aliphatic imine (C=N–C) groups is 1. The van der Waals surface area contributed by atoms with Crippen LogP contribution in [0.1, 0.15) is 26.3 Å². The van der Waals surface area contributed by atoms with E-state index in [-0.39, 0.29) is 11.9 Å². The molecule has 1 N–H and O–H groups in total. The largest absolute Gasteiger partial charge is 0.444 e. The van der Waals surface area contributed by atoms with Gasteiger partial charge in [0.05, 0.1) is 13.1 Å². The van der Waals surface area contributed by atoms with Crippen LogP contribution in [0.2, 0.25) is 0 Å². The van der Waals surface area contributed by atoms with E-state index in [9.17, 15) is 9.18 Å². The summed E-state index contributed by atoms with van der Waals surface area (Å²) in [5.41, 5.74) is 0.557. The number of carbonyl (C=O) groups excluding carboxylic acids is 1. The monoisotopic (exact) mass is 321 g/mol. The summed E-state index contributed by atoms with van der Waals surface area (Å²) >= 11 is 0. The van der Waals surface area contributed by atoms with Crippen molar-refractivity contribution in [1.82, 2.24) is 10.2 Å². The molecule has 6 heteroatoms. The molecule has 1 aliphatic rings. The number of amidine groups is 1. The number of benzene rings is 1. The molecule has 0 bridgehead atoms. The fourth-order valence-electron chi connectivity index (χ4n) is 2.21. The van der Waals surface area contributed by atoms with Crippen molar-refractivity contribution in [3.8, 4) is 0 Å². The Hall–Kier alpha value is -2.11. The molecule has 0 aliphatic carbocycles. The van der Waals surface area contributed by atoms with E-state index in [1.165, 1.54) is 12.1 Å². The van der Waals surface area contributed by atoms with Gasteiger partial charge in [0.2, 0.25) is 0 Å². The minimum Gasteiger partial charge on any atom is -0.444 e. The summed E-state index contributed by atoms with van der Waals surface area (Å²) in [7, 11) is 0. The highest BCUT2D eigenvalue weighted by molar-refractivity contribution is 5.87. The van der Waals surface area contributed by atoms with Crippen molar-refractivity contribution in [2.24, 2.45) is 4.99 Å². The van der Waals surface area contributed by atoms with Gasteiger partial charge in [0, 0.05) is 13.1 Å². The topological polar surface area (TPSA) is 53.9 Å². The van der Waals surface area contributed by atoms with Crippen LogP contribution in [0.25, 0.3) is 0 Å². The standard InChI is InChI=1S/C17H24FN3O2/c1-17(2,3)23-16(22)21-11-10-20-15(12-21)19-9-8-13-4-6-14(18)7-5-13/h4-7H,8-12H2,1-3H3,(H,19,20). The number of nitrogens with one attached hydrogen (secondary N) is 1. The third-order valence-electron chi connectivity index (χ3n) is 3.32. The summed E-state index contributed by atoms with van der Waals surface area (Å²) in [6, 6.07) is 6.45. The van der Waals surface area contributed by atoms with E-state index in [1.807, 2.05) is 20.8 Å². The molecule has 1 aliphatic heterocycles. The smallest absolute Gasteiger partial charge is 0.410 e. The maximum atomic E-state index is 12.9. The Balaban J connectivity index is 1.78. The molecule has 1 amide bonds. The average molecular weight is 321 g/mol. The Morgan fingerprint density at radius 1 is 1.35 bits per heavy atom. The molecule has 0 fully saturated rings. The number of halogens is 1. The lowest BCUT2D eigenvalue weighted by molar-refractivity contribution is 0.0276. The van der Waals surface area contributed by atoms with Crippen LogP contribution in [0, 0.1) is 5.82 Å². The van der Waals surface area contributed by atoms with Gasteiger partial charge in [-0.2, -0.15) is 0 Å². The first kappa shape index (κ1) is 17.2. The molecule has 0 unspecified atom stereocenters. The van der Waals surface area contributed by atoms with E-state index in [4.69, 9.17) is 4.74 Å². The van der Waals surface area contributed by atoms with Crippen LogP contribution in [0.4, 0.5) is 9.18 Å². The van der Waals surface area contributed by atoms with Crippen LogP contribution in [-0.2, 0) is 11.2 Å². The van der Waals surface area contributed by atoms with Crippen molar-refractivity contribution >= 4 is 11.9 Å². The molecule has 0 spiro atoms. The molecule has 23 heavy (non-hydrogen) atoms. The van der Waals surface area contributed by atoms with Crippen molar-refractivity contribution < 1.29 is 13.9 Å². The first-order valence-electron chi connectivity index (χ1n) is 7.83. The van der Waals surface area contributed by atoms with Crippen LogP contribution < -0.4 is 5.32 Å². The molecule has 1 heterocycles. The van der Waals surface area contributed by atoms with E-state index in [0.29, 0.717) is 26.2 Å². The summed E-state index contributed by atoms with van der Waals surface area (Å²) in [5, 5.41) is 3.24. The highest BCUT2D eigenvalue weighted by atomic mass is 19.1. The van der Waals surface area contributed by atoms with Gasteiger partial charge < -0.3 is 10.1 Å². The molecule has 2 rings (SSSR count). The number of nitrogens with zero attached hydrogens (tertiary/aromatic N) is 2. The zero-order chi connectivity index (χ0) is 16.9. The Bertz CT molecular complexity index is 564. The SMILES string of the molecule is CC(C)(C)OC(=O)N1CCN=C(NCCc2ccc(F)cc2)C1. The normalized spacial score (nSPS) is 15.1. The van der Waals surface area contributed by atoms with Gasteiger partial charge in [-0.05, 0) is 44.9 Å². The maximum absolute atomic E-state index is 12.9. The lowest BCUT2D eigenvalue weighted by Crippen LogP contribution is -2.47. The first-order valence-corrected chi connectivity index (χ1v) is 7.83. The Labute approximate surface area is 136 Å². The molecular weight excluding hydrogens is 297 g/mol. The predicted molar refractivity (Wildman–Crippen MR) is 88.2 cm³/mol. The highest BCUT2D eigenvalue weighted by Gasteiger charge is 2.24. The molecule has 0 saturated heterocycles. The molecule has 0 saturated carbocycles. The number of rotatable bonds is 3. The van der Waals surface area contributed by atoms with Crippen molar-refractivity contribution in [3.63, 3.8) is 0 Å². The van der Waals surface area contributed by atoms with Crippen molar-refractivity contribution in [2.75, 3.05) is 26.2 Å². The zero-order valence-electron chi connectivity index (χ0n) is 13.9. The van der Waals surface area contributed by atoms with Gasteiger partial charge in [-0.1, -0.05) is 12.1 Å². The zero-order valence-corrected chi connectivity index (χ0v) is 13.9. The Kier molecular flexibility index (Phi) is 5.58. The van der Waals surface area contributed by atoms with Gasteiger partial charge in [-0.25, -0.2) is 9.18 Å². The molecular formula is C17H24FN3O2. The van der Waals surface area contributed by atoms with Crippen molar-refractivity contribution in [3.05, 3.63) is 35.6 Å². The van der Waals surface area contributed by atoms with E-state index >= 15 is 0 Å². The minimum absolute atomic E-state index is 0.230. The highest BCUT2D eigenvalue weighted by Crippen LogP contribution is 2.11. The molecule has 0 aromatic heterocycles. The van der Waals surface area contributed by atoms with Crippen LogP contribution in [0.5, 0.6) is 0 Å². The second-order valence-corrected chi connectivity index (χ2v) is 6.53. The lowest BCUT2D eigenvalue weighted by atomic mass is 10.1. The predicted octanol–water partition coefficient (Wildman–Crippen LogP) is 2.61. The summed E-state index contributed by atoms with van der Waals surface area (Å²) < 4.78 is 18.2. The second-order valence-electron chi connectivity index (χ2n) is 6.53. The maximum Gasteiger partial charge on any atom is 0.410 e. The van der Waals surface area contributed by atoms with Gasteiger partial charge in [-0.3, -0.25) is 9.89 Å². The van der Waals surface area contributed by atoms with Gasteiger partial charge in [-0.15, -0.1) is 0 Å². The van der Waals surface area contributed by atoms with Crippen LogP contribution in [-0.4, -0.2) is 48.6 Å². The van der Waals surface area contributed by atoms with Crippen LogP contribution in [0.15, 0.2) is 29.3 Å². The fraction of sp³-hybridized carbons (Fsp3) is 0.529. The summed E-state index contributed by atoms with van der Waals surface area (Å²) in [6.07, 6.45) is 0.455. The number of amides is 1. The number of carbonyl (C=O) groups is 1. The van der Waals surface area contributed by atoms with Crippen LogP contribution in [0.3, 0.4) is 0 Å². The van der Waals surface area contributed by atoms with Crippen molar-refractivity contribution in [1.29, 1.82) is 0 Å². The average Bonchev–Trinajstić information content (AvgIpc) is 2.48. The molecule has 5 nitrogen and oxygen atoms in total.